The smallest absolute Gasteiger partial charge is 0.134 e. The molecule has 0 fully saturated rings. The Morgan fingerprint density at radius 3 is 1.91 bits per heavy atom. The standard InChI is InChI=1S/C9H22N2/c1-4-6-11(7-5-2)9(3)8-10/h9H,4-8,10H2,1-3H3/p+2/t9-/m0/s1. The molecule has 0 saturated heterocycles. The van der Waals surface area contributed by atoms with Crippen molar-refractivity contribution in [1.29, 1.82) is 0 Å². The number of nitrogens with one attached hydrogen (secondary N) is 1. The average molecular weight is 160 g/mol. The first-order valence-corrected chi connectivity index (χ1v) is 4.90. The van der Waals surface area contributed by atoms with E-state index in [0.717, 1.165) is 12.6 Å². The fraction of sp³-hybridized carbons (Fsp3) is 1.00. The Bertz CT molecular complexity index is 77.6. The third-order valence-electron chi connectivity index (χ3n) is 2.27. The van der Waals surface area contributed by atoms with Crippen molar-refractivity contribution in [3.8, 4) is 0 Å². The third kappa shape index (κ3) is 4.38. The van der Waals surface area contributed by atoms with Crippen molar-refractivity contribution < 1.29 is 10.6 Å². The second-order valence-electron chi connectivity index (χ2n) is 3.35. The highest BCUT2D eigenvalue weighted by Crippen LogP contribution is 1.74. The summed E-state index contributed by atoms with van der Waals surface area (Å²) < 4.78 is 0. The molecular weight excluding hydrogens is 136 g/mol. The van der Waals surface area contributed by atoms with Crippen LogP contribution in [0.3, 0.4) is 0 Å². The van der Waals surface area contributed by atoms with Gasteiger partial charge in [-0.2, -0.15) is 0 Å². The first-order chi connectivity index (χ1) is 5.26. The van der Waals surface area contributed by atoms with E-state index in [-0.39, 0.29) is 0 Å². The van der Waals surface area contributed by atoms with Crippen molar-refractivity contribution in [2.45, 2.75) is 39.7 Å². The highest BCUT2D eigenvalue weighted by Gasteiger charge is 2.14. The molecule has 0 heterocycles. The van der Waals surface area contributed by atoms with E-state index in [9.17, 15) is 0 Å². The second-order valence-corrected chi connectivity index (χ2v) is 3.35. The van der Waals surface area contributed by atoms with Gasteiger partial charge in [-0.3, -0.25) is 0 Å². The molecule has 4 N–H and O–H groups in total. The molecule has 0 aliphatic heterocycles. The van der Waals surface area contributed by atoms with Crippen molar-refractivity contribution in [3.05, 3.63) is 0 Å². The normalized spacial score (nSPS) is 13.9. The Hall–Kier alpha value is -0.0800. The topological polar surface area (TPSA) is 32.1 Å². The Kier molecular flexibility index (Phi) is 6.57. The minimum absolute atomic E-state index is 0.745. The summed E-state index contributed by atoms with van der Waals surface area (Å²) in [6, 6.07) is 0.745. The number of hydrogen-bond donors (Lipinski definition) is 2. The average Bonchev–Trinajstić information content (AvgIpc) is 2.03. The lowest BCUT2D eigenvalue weighted by atomic mass is 10.2. The van der Waals surface area contributed by atoms with Crippen molar-refractivity contribution in [2.24, 2.45) is 0 Å². The van der Waals surface area contributed by atoms with Gasteiger partial charge in [0.2, 0.25) is 0 Å². The lowest BCUT2D eigenvalue weighted by molar-refractivity contribution is -0.929. The predicted molar refractivity (Wildman–Crippen MR) is 48.5 cm³/mol. The van der Waals surface area contributed by atoms with Crippen LogP contribution < -0.4 is 10.6 Å². The minimum Gasteiger partial charge on any atom is -0.353 e. The molecule has 11 heavy (non-hydrogen) atoms. The maximum atomic E-state index is 3.95. The van der Waals surface area contributed by atoms with Gasteiger partial charge >= 0.3 is 0 Å². The second kappa shape index (κ2) is 6.62. The van der Waals surface area contributed by atoms with E-state index < -0.39 is 0 Å². The van der Waals surface area contributed by atoms with Crippen molar-refractivity contribution in [2.75, 3.05) is 19.6 Å². The van der Waals surface area contributed by atoms with Crippen LogP contribution in [0.5, 0.6) is 0 Å². The van der Waals surface area contributed by atoms with Crippen LogP contribution >= 0.6 is 0 Å². The van der Waals surface area contributed by atoms with Gasteiger partial charge in [0, 0.05) is 0 Å². The van der Waals surface area contributed by atoms with E-state index in [1.54, 1.807) is 4.90 Å². The largest absolute Gasteiger partial charge is 0.353 e. The zero-order valence-electron chi connectivity index (χ0n) is 8.32. The molecule has 0 aromatic rings. The fourth-order valence-electron chi connectivity index (χ4n) is 1.46. The molecule has 0 spiro atoms. The first kappa shape index (κ1) is 10.9. The molecule has 0 aliphatic carbocycles. The van der Waals surface area contributed by atoms with Gasteiger partial charge in [-0.05, 0) is 19.8 Å². The van der Waals surface area contributed by atoms with E-state index in [1.165, 1.54) is 25.9 Å². The Balaban J connectivity index is 3.66. The molecule has 0 saturated carbocycles. The third-order valence-corrected chi connectivity index (χ3v) is 2.27. The molecule has 0 radical (unpaired) electrons. The van der Waals surface area contributed by atoms with E-state index >= 15 is 0 Å². The van der Waals surface area contributed by atoms with E-state index in [1.807, 2.05) is 0 Å². The summed E-state index contributed by atoms with van der Waals surface area (Å²) in [6.45, 7) is 10.5. The summed E-state index contributed by atoms with van der Waals surface area (Å²) in [5.74, 6) is 0. The van der Waals surface area contributed by atoms with Crippen LogP contribution in [-0.2, 0) is 0 Å². The maximum absolute atomic E-state index is 3.95. The molecule has 68 valence electrons. The molecule has 0 aromatic heterocycles. The lowest BCUT2D eigenvalue weighted by Crippen LogP contribution is -3.17. The molecule has 0 amide bonds. The van der Waals surface area contributed by atoms with Gasteiger partial charge in [0.1, 0.15) is 12.6 Å². The van der Waals surface area contributed by atoms with E-state index in [4.69, 9.17) is 0 Å². The van der Waals surface area contributed by atoms with Gasteiger partial charge in [-0.1, -0.05) is 13.8 Å². The summed E-state index contributed by atoms with van der Waals surface area (Å²) >= 11 is 0. The number of hydrogen-bond acceptors (Lipinski definition) is 0. The number of quaternary nitrogens is 2. The molecule has 1 atom stereocenters. The van der Waals surface area contributed by atoms with Crippen LogP contribution in [0.1, 0.15) is 33.6 Å². The molecule has 2 nitrogen and oxygen atoms in total. The highest BCUT2D eigenvalue weighted by molar-refractivity contribution is 4.41. The van der Waals surface area contributed by atoms with Gasteiger partial charge < -0.3 is 10.6 Å². The Morgan fingerprint density at radius 1 is 1.18 bits per heavy atom. The Labute approximate surface area is 70.8 Å². The predicted octanol–water partition coefficient (Wildman–Crippen LogP) is -0.678. The van der Waals surface area contributed by atoms with Gasteiger partial charge in [-0.15, -0.1) is 0 Å². The minimum atomic E-state index is 0.745. The SMILES string of the molecule is CCC[NH+](CCC)[C@@H](C)C[NH3+]. The summed E-state index contributed by atoms with van der Waals surface area (Å²) in [5.41, 5.74) is 3.95. The van der Waals surface area contributed by atoms with Crippen LogP contribution in [0, 0.1) is 0 Å². The molecule has 0 aliphatic rings. The summed E-state index contributed by atoms with van der Waals surface area (Å²) in [5, 5.41) is 0. The zero-order chi connectivity index (χ0) is 8.69. The monoisotopic (exact) mass is 160 g/mol. The van der Waals surface area contributed by atoms with Crippen LogP contribution in [0.2, 0.25) is 0 Å². The lowest BCUT2D eigenvalue weighted by Gasteiger charge is -2.22. The van der Waals surface area contributed by atoms with Crippen LogP contribution in [0.4, 0.5) is 0 Å². The summed E-state index contributed by atoms with van der Waals surface area (Å²) in [6.07, 6.45) is 2.58. The molecule has 0 bridgehead atoms. The molecule has 0 aromatic carbocycles. The fourth-order valence-corrected chi connectivity index (χ4v) is 1.46. The quantitative estimate of drug-likeness (QED) is 0.516. The van der Waals surface area contributed by atoms with E-state index in [2.05, 4.69) is 26.5 Å². The van der Waals surface area contributed by atoms with Crippen LogP contribution in [-0.4, -0.2) is 25.7 Å². The highest BCUT2D eigenvalue weighted by atomic mass is 15.2. The van der Waals surface area contributed by atoms with E-state index in [0.29, 0.717) is 0 Å². The summed E-state index contributed by atoms with van der Waals surface area (Å²) in [4.78, 5) is 1.73. The van der Waals surface area contributed by atoms with Crippen molar-refractivity contribution in [3.63, 3.8) is 0 Å². The van der Waals surface area contributed by atoms with Gasteiger partial charge in [0.25, 0.3) is 0 Å². The van der Waals surface area contributed by atoms with Crippen LogP contribution in [0.25, 0.3) is 0 Å². The van der Waals surface area contributed by atoms with Crippen molar-refractivity contribution in [1.82, 2.24) is 0 Å². The molecular formula is C9H24N2+2. The molecule has 0 rings (SSSR count). The van der Waals surface area contributed by atoms with Crippen LogP contribution in [0.15, 0.2) is 0 Å². The van der Waals surface area contributed by atoms with Gasteiger partial charge in [0.05, 0.1) is 13.1 Å². The Morgan fingerprint density at radius 2 is 1.64 bits per heavy atom. The first-order valence-electron chi connectivity index (χ1n) is 4.90. The van der Waals surface area contributed by atoms with Crippen molar-refractivity contribution >= 4 is 0 Å². The maximum Gasteiger partial charge on any atom is 0.134 e. The number of rotatable bonds is 6. The van der Waals surface area contributed by atoms with Gasteiger partial charge in [-0.25, -0.2) is 0 Å². The zero-order valence-corrected chi connectivity index (χ0v) is 8.32. The summed E-state index contributed by atoms with van der Waals surface area (Å²) in [7, 11) is 0. The molecule has 0 unspecified atom stereocenters. The van der Waals surface area contributed by atoms with Gasteiger partial charge in [0.15, 0.2) is 0 Å². The molecule has 2 heteroatoms.